The molecule has 2 rings (SSSR count). The quantitative estimate of drug-likeness (QED) is 0.740. The monoisotopic (exact) mass is 289 g/mol. The van der Waals surface area contributed by atoms with Gasteiger partial charge in [-0.3, -0.25) is 9.59 Å². The zero-order chi connectivity index (χ0) is 15.2. The van der Waals surface area contributed by atoms with E-state index in [-0.39, 0.29) is 23.8 Å². The number of fused-ring (bicyclic) bond motifs is 1. The lowest BCUT2D eigenvalue weighted by molar-refractivity contribution is -0.122. The molecular formula is C16H23N3O2. The maximum atomic E-state index is 12.0. The van der Waals surface area contributed by atoms with Crippen LogP contribution in [0, 0.1) is 5.92 Å². The smallest absolute Gasteiger partial charge is 0.227 e. The molecular weight excluding hydrogens is 266 g/mol. The second-order valence-electron chi connectivity index (χ2n) is 5.70. The van der Waals surface area contributed by atoms with E-state index in [1.165, 1.54) is 0 Å². The molecule has 1 heterocycles. The zero-order valence-electron chi connectivity index (χ0n) is 12.4. The van der Waals surface area contributed by atoms with Crippen LogP contribution in [0.5, 0.6) is 0 Å². The summed E-state index contributed by atoms with van der Waals surface area (Å²) in [6.45, 7) is 2.51. The van der Waals surface area contributed by atoms with Crippen molar-refractivity contribution >= 4 is 17.5 Å². The Morgan fingerprint density at radius 3 is 3.00 bits per heavy atom. The average Bonchev–Trinajstić information content (AvgIpc) is 2.44. The standard InChI is InChI=1S/C16H23N3O2/c1-11(17)8-9-18-15(20)7-6-13-10-12-4-2-3-5-14(12)19-16(13)21/h2-5,11,13H,6-10,17H2,1H3,(H,18,20)(H,19,21). The van der Waals surface area contributed by atoms with Crippen LogP contribution in [0.4, 0.5) is 5.69 Å². The predicted octanol–water partition coefficient (Wildman–Crippen LogP) is 1.43. The number of nitrogens with one attached hydrogen (secondary N) is 2. The highest BCUT2D eigenvalue weighted by Crippen LogP contribution is 2.27. The predicted molar refractivity (Wildman–Crippen MR) is 82.8 cm³/mol. The Kier molecular flexibility index (Phi) is 5.33. The molecule has 0 saturated carbocycles. The van der Waals surface area contributed by atoms with Crippen LogP contribution in [-0.4, -0.2) is 24.4 Å². The van der Waals surface area contributed by atoms with Crippen molar-refractivity contribution in [2.75, 3.05) is 11.9 Å². The van der Waals surface area contributed by atoms with Gasteiger partial charge in [-0.2, -0.15) is 0 Å². The maximum Gasteiger partial charge on any atom is 0.227 e. The second kappa shape index (κ2) is 7.22. The number of hydrogen-bond acceptors (Lipinski definition) is 3. The molecule has 114 valence electrons. The molecule has 5 nitrogen and oxygen atoms in total. The van der Waals surface area contributed by atoms with E-state index in [4.69, 9.17) is 5.73 Å². The van der Waals surface area contributed by atoms with Crippen molar-refractivity contribution in [2.24, 2.45) is 11.7 Å². The fourth-order valence-corrected chi connectivity index (χ4v) is 2.48. The largest absolute Gasteiger partial charge is 0.356 e. The SMILES string of the molecule is CC(N)CCNC(=O)CCC1Cc2ccccc2NC1=O. The average molecular weight is 289 g/mol. The minimum absolute atomic E-state index is 0.0112. The Morgan fingerprint density at radius 2 is 2.24 bits per heavy atom. The van der Waals surface area contributed by atoms with Gasteiger partial charge in [-0.15, -0.1) is 0 Å². The minimum atomic E-state index is -0.126. The summed E-state index contributed by atoms with van der Waals surface area (Å²) >= 11 is 0. The summed E-state index contributed by atoms with van der Waals surface area (Å²) in [4.78, 5) is 23.7. The zero-order valence-corrected chi connectivity index (χ0v) is 12.4. The number of hydrogen-bond donors (Lipinski definition) is 3. The number of carbonyl (C=O) groups excluding carboxylic acids is 2. The summed E-state index contributed by atoms with van der Waals surface area (Å²) in [5, 5.41) is 5.74. The van der Waals surface area contributed by atoms with Crippen molar-refractivity contribution in [2.45, 2.75) is 38.6 Å². The molecule has 1 aromatic rings. The van der Waals surface area contributed by atoms with Crippen LogP contribution in [-0.2, 0) is 16.0 Å². The summed E-state index contributed by atoms with van der Waals surface area (Å²) in [6, 6.07) is 7.89. The Labute approximate surface area is 125 Å². The van der Waals surface area contributed by atoms with Crippen molar-refractivity contribution in [1.29, 1.82) is 0 Å². The summed E-state index contributed by atoms with van der Waals surface area (Å²) in [7, 11) is 0. The molecule has 2 unspecified atom stereocenters. The highest BCUT2D eigenvalue weighted by Gasteiger charge is 2.26. The summed E-state index contributed by atoms with van der Waals surface area (Å²) in [5.74, 6) is -0.126. The first-order valence-electron chi connectivity index (χ1n) is 7.47. The molecule has 0 bridgehead atoms. The third-order valence-corrected chi connectivity index (χ3v) is 3.75. The van der Waals surface area contributed by atoms with Crippen LogP contribution < -0.4 is 16.4 Å². The Morgan fingerprint density at radius 1 is 1.48 bits per heavy atom. The maximum absolute atomic E-state index is 12.0. The number of rotatable bonds is 6. The van der Waals surface area contributed by atoms with Crippen LogP contribution in [0.25, 0.3) is 0 Å². The van der Waals surface area contributed by atoms with Crippen molar-refractivity contribution in [3.63, 3.8) is 0 Å². The Balaban J connectivity index is 1.79. The van der Waals surface area contributed by atoms with E-state index in [1.54, 1.807) is 0 Å². The number of anilines is 1. The van der Waals surface area contributed by atoms with Gasteiger partial charge in [-0.05, 0) is 37.8 Å². The van der Waals surface area contributed by atoms with Crippen molar-refractivity contribution in [1.82, 2.24) is 5.32 Å². The van der Waals surface area contributed by atoms with Crippen LogP contribution in [0.3, 0.4) is 0 Å². The van der Waals surface area contributed by atoms with Gasteiger partial charge in [0.1, 0.15) is 0 Å². The summed E-state index contributed by atoms with van der Waals surface area (Å²) < 4.78 is 0. The third kappa shape index (κ3) is 4.56. The molecule has 1 aliphatic rings. The van der Waals surface area contributed by atoms with Crippen molar-refractivity contribution in [3.05, 3.63) is 29.8 Å². The first kappa shape index (κ1) is 15.5. The molecule has 4 N–H and O–H groups in total. The number of amides is 2. The Bertz CT molecular complexity index is 514. The number of nitrogens with two attached hydrogens (primary N) is 1. The Hall–Kier alpha value is -1.88. The number of benzene rings is 1. The topological polar surface area (TPSA) is 84.2 Å². The molecule has 5 heteroatoms. The van der Waals surface area contributed by atoms with Crippen LogP contribution in [0.15, 0.2) is 24.3 Å². The van der Waals surface area contributed by atoms with Gasteiger partial charge in [0.15, 0.2) is 0 Å². The lowest BCUT2D eigenvalue weighted by Crippen LogP contribution is -2.32. The normalized spacial score (nSPS) is 18.6. The lowest BCUT2D eigenvalue weighted by atomic mass is 9.89. The van der Waals surface area contributed by atoms with Crippen molar-refractivity contribution < 1.29 is 9.59 Å². The van der Waals surface area contributed by atoms with Gasteiger partial charge < -0.3 is 16.4 Å². The molecule has 0 spiro atoms. The summed E-state index contributed by atoms with van der Waals surface area (Å²) in [5.41, 5.74) is 7.66. The molecule has 0 saturated heterocycles. The molecule has 0 radical (unpaired) electrons. The van der Waals surface area contributed by atoms with E-state index >= 15 is 0 Å². The highest BCUT2D eigenvalue weighted by atomic mass is 16.2. The van der Waals surface area contributed by atoms with E-state index in [1.807, 2.05) is 31.2 Å². The fourth-order valence-electron chi connectivity index (χ4n) is 2.48. The van der Waals surface area contributed by atoms with E-state index in [2.05, 4.69) is 10.6 Å². The van der Waals surface area contributed by atoms with E-state index in [9.17, 15) is 9.59 Å². The van der Waals surface area contributed by atoms with Gasteiger partial charge in [0.25, 0.3) is 0 Å². The molecule has 0 aromatic heterocycles. The molecule has 0 aliphatic carbocycles. The van der Waals surface area contributed by atoms with Gasteiger partial charge in [-0.25, -0.2) is 0 Å². The minimum Gasteiger partial charge on any atom is -0.356 e. The van der Waals surface area contributed by atoms with Crippen LogP contribution in [0.1, 0.15) is 31.7 Å². The van der Waals surface area contributed by atoms with Gasteiger partial charge in [0.05, 0.1) is 0 Å². The number of carbonyl (C=O) groups is 2. The first-order chi connectivity index (χ1) is 10.1. The van der Waals surface area contributed by atoms with Crippen molar-refractivity contribution in [3.8, 4) is 0 Å². The molecule has 2 amide bonds. The second-order valence-corrected chi connectivity index (χ2v) is 5.70. The molecule has 21 heavy (non-hydrogen) atoms. The van der Waals surface area contributed by atoms with E-state index in [0.29, 0.717) is 25.8 Å². The van der Waals surface area contributed by atoms with Gasteiger partial charge in [-0.1, -0.05) is 18.2 Å². The molecule has 1 aromatic carbocycles. The molecule has 0 fully saturated rings. The third-order valence-electron chi connectivity index (χ3n) is 3.75. The van der Waals surface area contributed by atoms with E-state index < -0.39 is 0 Å². The van der Waals surface area contributed by atoms with Crippen LogP contribution >= 0.6 is 0 Å². The van der Waals surface area contributed by atoms with Crippen LogP contribution in [0.2, 0.25) is 0 Å². The van der Waals surface area contributed by atoms with E-state index in [0.717, 1.165) is 17.7 Å². The van der Waals surface area contributed by atoms with Gasteiger partial charge in [0, 0.05) is 30.6 Å². The fraction of sp³-hybridized carbons (Fsp3) is 0.500. The lowest BCUT2D eigenvalue weighted by Gasteiger charge is -2.24. The van der Waals surface area contributed by atoms with Gasteiger partial charge in [0.2, 0.25) is 11.8 Å². The summed E-state index contributed by atoms with van der Waals surface area (Å²) in [6.07, 6.45) is 2.42. The first-order valence-corrected chi connectivity index (χ1v) is 7.47. The number of para-hydroxylation sites is 1. The molecule has 1 aliphatic heterocycles. The van der Waals surface area contributed by atoms with Gasteiger partial charge >= 0.3 is 0 Å². The molecule has 2 atom stereocenters. The highest BCUT2D eigenvalue weighted by molar-refractivity contribution is 5.96.